The molecule has 16 heavy (non-hydrogen) atoms. The van der Waals surface area contributed by atoms with Crippen molar-refractivity contribution in [2.75, 3.05) is 7.11 Å². The number of benzene rings is 1. The quantitative estimate of drug-likeness (QED) is 0.787. The molecule has 1 heterocycles. The highest BCUT2D eigenvalue weighted by atomic mass is 16.5. The molecule has 0 bridgehead atoms. The van der Waals surface area contributed by atoms with E-state index < -0.39 is 0 Å². The molecule has 4 nitrogen and oxygen atoms in total. The van der Waals surface area contributed by atoms with E-state index in [9.17, 15) is 0 Å². The fourth-order valence-corrected chi connectivity index (χ4v) is 1.64. The average Bonchev–Trinajstić information content (AvgIpc) is 2.83. The maximum atomic E-state index is 5.12. The third kappa shape index (κ3) is 2.39. The number of hydrogen-bond donors (Lipinski definition) is 0. The van der Waals surface area contributed by atoms with Gasteiger partial charge in [-0.15, -0.1) is 0 Å². The monoisotopic (exact) mass is 217 g/mol. The highest BCUT2D eigenvalue weighted by Crippen LogP contribution is 2.15. The van der Waals surface area contributed by atoms with Crippen LogP contribution in [0.2, 0.25) is 0 Å². The van der Waals surface area contributed by atoms with E-state index in [2.05, 4.69) is 29.3 Å². The van der Waals surface area contributed by atoms with E-state index in [-0.39, 0.29) is 6.04 Å². The highest BCUT2D eigenvalue weighted by molar-refractivity contribution is 5.27. The lowest BCUT2D eigenvalue weighted by molar-refractivity contribution is 0.413. The van der Waals surface area contributed by atoms with Crippen LogP contribution < -0.4 is 4.74 Å². The summed E-state index contributed by atoms with van der Waals surface area (Å²) in [5, 5.41) is 8.25. The summed E-state index contributed by atoms with van der Waals surface area (Å²) in [6.07, 6.45) is 4.31. The minimum atomic E-state index is 0.267. The third-order valence-corrected chi connectivity index (χ3v) is 2.52. The topological polar surface area (TPSA) is 39.9 Å². The maximum Gasteiger partial charge on any atom is 0.118 e. The van der Waals surface area contributed by atoms with Crippen molar-refractivity contribution < 1.29 is 4.74 Å². The van der Waals surface area contributed by atoms with Gasteiger partial charge in [-0.3, -0.25) is 0 Å². The molecule has 1 aromatic heterocycles. The Labute approximate surface area is 94.9 Å². The zero-order valence-electron chi connectivity index (χ0n) is 9.50. The highest BCUT2D eigenvalue weighted by Gasteiger charge is 2.06. The van der Waals surface area contributed by atoms with E-state index >= 15 is 0 Å². The van der Waals surface area contributed by atoms with E-state index in [0.29, 0.717) is 0 Å². The molecule has 1 atom stereocenters. The van der Waals surface area contributed by atoms with Gasteiger partial charge in [-0.25, -0.2) is 0 Å². The minimum absolute atomic E-state index is 0.267. The molecule has 0 aliphatic heterocycles. The van der Waals surface area contributed by atoms with Gasteiger partial charge >= 0.3 is 0 Å². The predicted molar refractivity (Wildman–Crippen MR) is 61.4 cm³/mol. The molecular formula is C12H15N3O. The number of rotatable bonds is 4. The van der Waals surface area contributed by atoms with Crippen LogP contribution in [0, 0.1) is 0 Å². The van der Waals surface area contributed by atoms with Crippen molar-refractivity contribution in [3.8, 4) is 5.75 Å². The standard InChI is InChI=1S/C12H15N3O/c1-10(15-13-7-8-14-15)9-11-3-5-12(16-2)6-4-11/h3-8,10H,9H2,1-2H3/t10-/m0/s1. The summed E-state index contributed by atoms with van der Waals surface area (Å²) in [7, 11) is 1.67. The molecule has 0 amide bonds. The Hall–Kier alpha value is -1.84. The Kier molecular flexibility index (Phi) is 3.19. The summed E-state index contributed by atoms with van der Waals surface area (Å²) >= 11 is 0. The first-order valence-corrected chi connectivity index (χ1v) is 5.28. The van der Waals surface area contributed by atoms with Crippen LogP contribution in [0.5, 0.6) is 5.75 Å². The van der Waals surface area contributed by atoms with Crippen molar-refractivity contribution in [3.63, 3.8) is 0 Å². The van der Waals surface area contributed by atoms with E-state index in [1.165, 1.54) is 5.56 Å². The lowest BCUT2D eigenvalue weighted by Gasteiger charge is -2.10. The maximum absolute atomic E-state index is 5.12. The molecule has 84 valence electrons. The van der Waals surface area contributed by atoms with Crippen molar-refractivity contribution in [2.24, 2.45) is 0 Å². The van der Waals surface area contributed by atoms with Crippen LogP contribution in [0.4, 0.5) is 0 Å². The molecule has 0 saturated carbocycles. The summed E-state index contributed by atoms with van der Waals surface area (Å²) in [5.74, 6) is 0.883. The number of nitrogens with zero attached hydrogens (tertiary/aromatic N) is 3. The molecular weight excluding hydrogens is 202 g/mol. The second-order valence-corrected chi connectivity index (χ2v) is 3.75. The summed E-state index contributed by atoms with van der Waals surface area (Å²) < 4.78 is 5.12. The van der Waals surface area contributed by atoms with Gasteiger partial charge in [0.15, 0.2) is 0 Å². The van der Waals surface area contributed by atoms with Crippen molar-refractivity contribution in [3.05, 3.63) is 42.2 Å². The first-order chi connectivity index (χ1) is 7.79. The largest absolute Gasteiger partial charge is 0.497 e. The van der Waals surface area contributed by atoms with Crippen LogP contribution in [-0.2, 0) is 6.42 Å². The van der Waals surface area contributed by atoms with Crippen molar-refractivity contribution in [1.29, 1.82) is 0 Å². The Balaban J connectivity index is 2.03. The van der Waals surface area contributed by atoms with Gasteiger partial charge in [-0.05, 0) is 31.0 Å². The average molecular weight is 217 g/mol. The lowest BCUT2D eigenvalue weighted by atomic mass is 10.1. The lowest BCUT2D eigenvalue weighted by Crippen LogP contribution is -2.11. The van der Waals surface area contributed by atoms with Gasteiger partial charge in [-0.1, -0.05) is 12.1 Å². The molecule has 0 spiro atoms. The first-order valence-electron chi connectivity index (χ1n) is 5.28. The molecule has 0 N–H and O–H groups in total. The summed E-state index contributed by atoms with van der Waals surface area (Å²) in [4.78, 5) is 1.73. The molecule has 2 aromatic rings. The fourth-order valence-electron chi connectivity index (χ4n) is 1.64. The molecule has 0 saturated heterocycles. The Morgan fingerprint density at radius 3 is 2.38 bits per heavy atom. The van der Waals surface area contributed by atoms with E-state index in [4.69, 9.17) is 4.74 Å². The number of ether oxygens (including phenoxy) is 1. The van der Waals surface area contributed by atoms with Gasteiger partial charge in [0.1, 0.15) is 5.75 Å². The zero-order valence-corrected chi connectivity index (χ0v) is 9.50. The molecule has 0 aliphatic carbocycles. The molecule has 0 aliphatic rings. The molecule has 2 rings (SSSR count). The van der Waals surface area contributed by atoms with Gasteiger partial charge < -0.3 is 4.74 Å². The number of hydrogen-bond acceptors (Lipinski definition) is 3. The minimum Gasteiger partial charge on any atom is -0.497 e. The summed E-state index contributed by atoms with van der Waals surface area (Å²) in [5.41, 5.74) is 1.26. The van der Waals surface area contributed by atoms with Crippen LogP contribution >= 0.6 is 0 Å². The van der Waals surface area contributed by atoms with Gasteiger partial charge in [-0.2, -0.15) is 15.0 Å². The van der Waals surface area contributed by atoms with Crippen molar-refractivity contribution >= 4 is 0 Å². The fraction of sp³-hybridized carbons (Fsp3) is 0.333. The Morgan fingerprint density at radius 2 is 1.81 bits per heavy atom. The number of aromatic nitrogens is 3. The van der Waals surface area contributed by atoms with Gasteiger partial charge in [0.25, 0.3) is 0 Å². The second kappa shape index (κ2) is 4.79. The van der Waals surface area contributed by atoms with E-state index in [1.54, 1.807) is 24.3 Å². The van der Waals surface area contributed by atoms with Crippen LogP contribution in [0.1, 0.15) is 18.5 Å². The second-order valence-electron chi connectivity index (χ2n) is 3.75. The Bertz CT molecular complexity index is 422. The van der Waals surface area contributed by atoms with E-state index in [0.717, 1.165) is 12.2 Å². The summed E-state index contributed by atoms with van der Waals surface area (Å²) in [6.45, 7) is 2.10. The van der Waals surface area contributed by atoms with Crippen LogP contribution in [0.3, 0.4) is 0 Å². The molecule has 0 fully saturated rings. The molecule has 1 aromatic carbocycles. The SMILES string of the molecule is COc1ccc(C[C@H](C)n2nccn2)cc1. The van der Waals surface area contributed by atoms with Crippen molar-refractivity contribution in [2.45, 2.75) is 19.4 Å². The van der Waals surface area contributed by atoms with Gasteiger partial charge in [0, 0.05) is 0 Å². The van der Waals surface area contributed by atoms with Crippen LogP contribution in [0.25, 0.3) is 0 Å². The molecule has 0 radical (unpaired) electrons. The first kappa shape index (κ1) is 10.7. The van der Waals surface area contributed by atoms with Crippen molar-refractivity contribution in [1.82, 2.24) is 15.0 Å². The number of methoxy groups -OCH3 is 1. The Morgan fingerprint density at radius 1 is 1.19 bits per heavy atom. The predicted octanol–water partition coefficient (Wildman–Crippen LogP) is 2.09. The van der Waals surface area contributed by atoms with Crippen LogP contribution in [-0.4, -0.2) is 22.1 Å². The third-order valence-electron chi connectivity index (χ3n) is 2.52. The molecule has 0 unspecified atom stereocenters. The molecule has 4 heteroatoms. The normalized spacial score (nSPS) is 12.4. The zero-order chi connectivity index (χ0) is 11.4. The van der Waals surface area contributed by atoms with Gasteiger partial charge in [0.05, 0.1) is 25.5 Å². The van der Waals surface area contributed by atoms with Gasteiger partial charge in [0.2, 0.25) is 0 Å². The van der Waals surface area contributed by atoms with E-state index in [1.807, 2.05) is 12.1 Å². The van der Waals surface area contributed by atoms with Crippen LogP contribution in [0.15, 0.2) is 36.7 Å². The summed E-state index contributed by atoms with van der Waals surface area (Å²) in [6, 6.07) is 8.35. The smallest absolute Gasteiger partial charge is 0.118 e.